The number of allylic oxidation sites excluding steroid dienone is 4. The van der Waals surface area contributed by atoms with Crippen LogP contribution in [0.2, 0.25) is 25.5 Å². The van der Waals surface area contributed by atoms with Gasteiger partial charge in [0.2, 0.25) is 0 Å². The van der Waals surface area contributed by atoms with Gasteiger partial charge >= 0.3 is 7.12 Å². The highest BCUT2D eigenvalue weighted by Gasteiger charge is 2.40. The second-order valence-electron chi connectivity index (χ2n) is 6.76. The zero-order chi connectivity index (χ0) is 14.3. The quantitative estimate of drug-likeness (QED) is 0.589. The Labute approximate surface area is 122 Å². The van der Waals surface area contributed by atoms with E-state index < -0.39 is 8.07 Å². The normalized spacial score (nSPS) is 21.6. The highest BCUT2D eigenvalue weighted by molar-refractivity contribution is 6.83. The van der Waals surface area contributed by atoms with Crippen LogP contribution in [0.15, 0.2) is 47.2 Å². The predicted octanol–water partition coefficient (Wildman–Crippen LogP) is 4.47. The SMILES string of the molecule is CC1=C[C@H](B2Oc3ccccc3O2)C=C([Si](C)(C)C)C1. The number of hydrogen-bond acceptors (Lipinski definition) is 2. The molecule has 0 amide bonds. The van der Waals surface area contributed by atoms with Gasteiger partial charge in [-0.2, -0.15) is 0 Å². The van der Waals surface area contributed by atoms with Gasteiger partial charge in [0.05, 0.1) is 13.9 Å². The van der Waals surface area contributed by atoms with Gasteiger partial charge in [-0.1, -0.05) is 54.7 Å². The standard InChI is InChI=1S/C16H21BO2Si/c1-12-9-13(11-14(10-12)20(2,3)4)17-18-15-7-5-6-8-16(15)19-17/h5-9,11,13H,10H2,1-4H3/t13-/m0/s1. The summed E-state index contributed by atoms with van der Waals surface area (Å²) < 4.78 is 11.9. The van der Waals surface area contributed by atoms with Crippen LogP contribution in [0.4, 0.5) is 0 Å². The highest BCUT2D eigenvalue weighted by atomic mass is 28.3. The van der Waals surface area contributed by atoms with E-state index in [-0.39, 0.29) is 12.9 Å². The molecule has 4 heteroatoms. The van der Waals surface area contributed by atoms with Crippen molar-refractivity contribution < 1.29 is 9.31 Å². The first-order chi connectivity index (χ1) is 9.43. The van der Waals surface area contributed by atoms with Crippen molar-refractivity contribution in [2.45, 2.75) is 38.8 Å². The van der Waals surface area contributed by atoms with Crippen LogP contribution in [0.3, 0.4) is 0 Å². The third kappa shape index (κ3) is 2.57. The van der Waals surface area contributed by atoms with Crippen molar-refractivity contribution in [3.05, 3.63) is 47.2 Å². The summed E-state index contributed by atoms with van der Waals surface area (Å²) in [6.07, 6.45) is 5.79. The minimum absolute atomic E-state index is 0.214. The summed E-state index contributed by atoms with van der Waals surface area (Å²) in [4.78, 5) is 0. The van der Waals surface area contributed by atoms with Crippen LogP contribution < -0.4 is 9.31 Å². The molecule has 104 valence electrons. The predicted molar refractivity (Wildman–Crippen MR) is 87.0 cm³/mol. The van der Waals surface area contributed by atoms with E-state index in [0.717, 1.165) is 17.9 Å². The number of benzene rings is 1. The van der Waals surface area contributed by atoms with Gasteiger partial charge in [-0.3, -0.25) is 0 Å². The first kappa shape index (κ1) is 13.6. The average molecular weight is 284 g/mol. The molecule has 0 bridgehead atoms. The lowest BCUT2D eigenvalue weighted by Gasteiger charge is -2.27. The van der Waals surface area contributed by atoms with E-state index >= 15 is 0 Å². The molecule has 0 spiro atoms. The summed E-state index contributed by atoms with van der Waals surface area (Å²) in [5.41, 5.74) is 1.43. The van der Waals surface area contributed by atoms with Crippen LogP contribution in [0.1, 0.15) is 13.3 Å². The lowest BCUT2D eigenvalue weighted by molar-refractivity contribution is 0.492. The van der Waals surface area contributed by atoms with Gasteiger partial charge in [-0.05, 0) is 25.5 Å². The molecule has 2 aliphatic rings. The molecule has 0 unspecified atom stereocenters. The van der Waals surface area contributed by atoms with Gasteiger partial charge in [-0.15, -0.1) is 0 Å². The Bertz CT molecular complexity index is 561. The molecular formula is C16H21BO2Si. The summed E-state index contributed by atoms with van der Waals surface area (Å²) in [6.45, 7) is 9.42. The molecule has 3 rings (SSSR count). The molecule has 0 N–H and O–H groups in total. The number of rotatable bonds is 2. The zero-order valence-electron chi connectivity index (χ0n) is 12.6. The fourth-order valence-corrected chi connectivity index (χ4v) is 4.28. The summed E-state index contributed by atoms with van der Waals surface area (Å²) in [5, 5.41) is 1.60. The molecule has 0 fully saturated rings. The van der Waals surface area contributed by atoms with Crippen LogP contribution in [0.25, 0.3) is 0 Å². The fourth-order valence-electron chi connectivity index (χ4n) is 2.78. The first-order valence-corrected chi connectivity index (χ1v) is 10.7. The Morgan fingerprint density at radius 2 is 1.65 bits per heavy atom. The maximum Gasteiger partial charge on any atom is 0.606 e. The van der Waals surface area contributed by atoms with E-state index in [4.69, 9.17) is 9.31 Å². The van der Waals surface area contributed by atoms with Gasteiger partial charge in [0.1, 0.15) is 11.5 Å². The highest BCUT2D eigenvalue weighted by Crippen LogP contribution is 2.39. The Balaban J connectivity index is 1.84. The number of hydrogen-bond donors (Lipinski definition) is 0. The molecule has 0 saturated carbocycles. The lowest BCUT2D eigenvalue weighted by Crippen LogP contribution is -2.33. The van der Waals surface area contributed by atoms with Crippen molar-refractivity contribution in [1.29, 1.82) is 0 Å². The van der Waals surface area contributed by atoms with E-state index in [1.165, 1.54) is 5.57 Å². The molecule has 1 aromatic carbocycles. The number of fused-ring (bicyclic) bond motifs is 1. The third-order valence-electron chi connectivity index (χ3n) is 3.95. The second-order valence-corrected chi connectivity index (χ2v) is 11.9. The molecule has 1 aliphatic carbocycles. The van der Waals surface area contributed by atoms with Crippen LogP contribution >= 0.6 is 0 Å². The molecule has 1 atom stereocenters. The van der Waals surface area contributed by atoms with E-state index in [1.807, 2.05) is 24.3 Å². The van der Waals surface area contributed by atoms with Crippen LogP contribution in [-0.2, 0) is 0 Å². The van der Waals surface area contributed by atoms with Crippen molar-refractivity contribution in [1.82, 2.24) is 0 Å². The van der Waals surface area contributed by atoms with Crippen molar-refractivity contribution in [2.24, 2.45) is 0 Å². The largest absolute Gasteiger partial charge is 0.606 e. The van der Waals surface area contributed by atoms with Crippen molar-refractivity contribution >= 4 is 15.2 Å². The minimum atomic E-state index is -1.26. The molecule has 1 heterocycles. The Morgan fingerprint density at radius 3 is 2.20 bits per heavy atom. The van der Waals surface area contributed by atoms with E-state index in [9.17, 15) is 0 Å². The van der Waals surface area contributed by atoms with Crippen molar-refractivity contribution in [3.8, 4) is 11.5 Å². The second kappa shape index (κ2) is 4.85. The van der Waals surface area contributed by atoms with E-state index in [1.54, 1.807) is 5.20 Å². The van der Waals surface area contributed by atoms with Gasteiger partial charge in [-0.25, -0.2) is 0 Å². The molecule has 2 nitrogen and oxygen atoms in total. The van der Waals surface area contributed by atoms with Crippen LogP contribution in [-0.4, -0.2) is 15.2 Å². The Morgan fingerprint density at radius 1 is 1.05 bits per heavy atom. The molecular weight excluding hydrogens is 263 g/mol. The Hall–Kier alpha value is -1.42. The van der Waals surface area contributed by atoms with Crippen LogP contribution in [0, 0.1) is 0 Å². The van der Waals surface area contributed by atoms with E-state index in [0.29, 0.717) is 0 Å². The first-order valence-electron chi connectivity index (χ1n) is 7.24. The van der Waals surface area contributed by atoms with E-state index in [2.05, 4.69) is 38.7 Å². The summed E-state index contributed by atoms with van der Waals surface area (Å²) in [5.74, 6) is 1.94. The summed E-state index contributed by atoms with van der Waals surface area (Å²) in [7, 11) is -1.48. The van der Waals surface area contributed by atoms with Gasteiger partial charge in [0.15, 0.2) is 0 Å². The minimum Gasteiger partial charge on any atom is -0.523 e. The summed E-state index contributed by atoms with van der Waals surface area (Å²) >= 11 is 0. The monoisotopic (exact) mass is 284 g/mol. The average Bonchev–Trinajstić information content (AvgIpc) is 2.80. The lowest BCUT2D eigenvalue weighted by atomic mass is 9.69. The zero-order valence-corrected chi connectivity index (χ0v) is 13.6. The number of para-hydroxylation sites is 2. The van der Waals surface area contributed by atoms with Gasteiger partial charge < -0.3 is 9.31 Å². The fraction of sp³-hybridized carbons (Fsp3) is 0.375. The summed E-state index contributed by atoms with van der Waals surface area (Å²) in [6, 6.07) is 7.90. The Kier molecular flexibility index (Phi) is 3.29. The van der Waals surface area contributed by atoms with Crippen molar-refractivity contribution in [2.75, 3.05) is 0 Å². The van der Waals surface area contributed by atoms with Crippen molar-refractivity contribution in [3.63, 3.8) is 0 Å². The molecule has 1 aromatic rings. The topological polar surface area (TPSA) is 18.5 Å². The maximum absolute atomic E-state index is 5.96. The molecule has 0 radical (unpaired) electrons. The molecule has 20 heavy (non-hydrogen) atoms. The molecule has 0 saturated heterocycles. The molecule has 0 aromatic heterocycles. The van der Waals surface area contributed by atoms with Gasteiger partial charge in [0.25, 0.3) is 0 Å². The van der Waals surface area contributed by atoms with Gasteiger partial charge in [0, 0.05) is 0 Å². The third-order valence-corrected chi connectivity index (χ3v) is 6.22. The molecule has 1 aliphatic heterocycles. The van der Waals surface area contributed by atoms with Crippen LogP contribution in [0.5, 0.6) is 11.5 Å². The maximum atomic E-state index is 5.96. The smallest absolute Gasteiger partial charge is 0.523 e.